The van der Waals surface area contributed by atoms with E-state index in [4.69, 9.17) is 5.73 Å². The lowest BCUT2D eigenvalue weighted by molar-refractivity contribution is -0.113. The van der Waals surface area contributed by atoms with E-state index in [9.17, 15) is 4.79 Å². The lowest BCUT2D eigenvalue weighted by Crippen LogP contribution is -1.99. The lowest BCUT2D eigenvalue weighted by atomic mass is 10.1. The van der Waals surface area contributed by atoms with Crippen molar-refractivity contribution in [2.24, 2.45) is 5.73 Å². The summed E-state index contributed by atoms with van der Waals surface area (Å²) in [6, 6.07) is 0. The smallest absolute Gasteiger partial charge is 0.155 e. The minimum Gasteiger partial charge on any atom is -0.327 e. The zero-order chi connectivity index (χ0) is 9.56. The van der Waals surface area contributed by atoms with Crippen LogP contribution in [0.1, 0.15) is 27.2 Å². The highest BCUT2D eigenvalue weighted by Crippen LogP contribution is 2.03. The molecule has 2 N–H and O–H groups in total. The van der Waals surface area contributed by atoms with E-state index in [0.29, 0.717) is 6.54 Å². The van der Waals surface area contributed by atoms with Crippen molar-refractivity contribution in [2.45, 2.75) is 27.2 Å². The third-order valence-corrected chi connectivity index (χ3v) is 1.72. The van der Waals surface area contributed by atoms with Gasteiger partial charge in [0.15, 0.2) is 5.78 Å². The van der Waals surface area contributed by atoms with Crippen LogP contribution in [0.4, 0.5) is 0 Å². The molecule has 12 heavy (non-hydrogen) atoms. The molecule has 0 saturated heterocycles. The molecular formula is C10H17NO. The molecule has 0 aromatic rings. The van der Waals surface area contributed by atoms with Crippen molar-refractivity contribution in [1.29, 1.82) is 0 Å². The van der Waals surface area contributed by atoms with Crippen molar-refractivity contribution < 1.29 is 4.79 Å². The zero-order valence-corrected chi connectivity index (χ0v) is 8.05. The van der Waals surface area contributed by atoms with E-state index in [1.807, 2.05) is 26.0 Å². The van der Waals surface area contributed by atoms with E-state index in [2.05, 4.69) is 0 Å². The Morgan fingerprint density at radius 3 is 2.25 bits per heavy atom. The molecule has 2 nitrogen and oxygen atoms in total. The van der Waals surface area contributed by atoms with Crippen LogP contribution >= 0.6 is 0 Å². The summed E-state index contributed by atoms with van der Waals surface area (Å²) in [7, 11) is 0. The fourth-order valence-corrected chi connectivity index (χ4v) is 0.795. The fraction of sp³-hybridized carbons (Fsp3) is 0.500. The van der Waals surface area contributed by atoms with Crippen molar-refractivity contribution in [3.05, 3.63) is 23.3 Å². The van der Waals surface area contributed by atoms with Crippen molar-refractivity contribution >= 4 is 5.78 Å². The molecule has 0 amide bonds. The molecule has 2 heteroatoms. The van der Waals surface area contributed by atoms with E-state index in [1.165, 1.54) is 0 Å². The SMILES string of the molecule is CC/C(=C\C=C(/C)CN)C(C)=O. The van der Waals surface area contributed by atoms with E-state index in [1.54, 1.807) is 6.92 Å². The van der Waals surface area contributed by atoms with Gasteiger partial charge in [0.05, 0.1) is 0 Å². The summed E-state index contributed by atoms with van der Waals surface area (Å²) in [6.45, 7) is 6.05. The summed E-state index contributed by atoms with van der Waals surface area (Å²) >= 11 is 0. The Morgan fingerprint density at radius 2 is 1.92 bits per heavy atom. The molecule has 0 saturated carbocycles. The van der Waals surface area contributed by atoms with Gasteiger partial charge in [0.25, 0.3) is 0 Å². The minimum atomic E-state index is 0.138. The number of rotatable bonds is 4. The maximum Gasteiger partial charge on any atom is 0.155 e. The molecule has 68 valence electrons. The van der Waals surface area contributed by atoms with Crippen molar-refractivity contribution in [3.63, 3.8) is 0 Å². The number of hydrogen-bond acceptors (Lipinski definition) is 2. The number of carbonyl (C=O) groups excluding carboxylic acids is 1. The van der Waals surface area contributed by atoms with Gasteiger partial charge in [-0.25, -0.2) is 0 Å². The quantitative estimate of drug-likeness (QED) is 0.512. The molecule has 0 aromatic heterocycles. The third kappa shape index (κ3) is 4.09. The first-order chi connectivity index (χ1) is 5.61. The van der Waals surface area contributed by atoms with E-state index in [0.717, 1.165) is 17.6 Å². The Labute approximate surface area is 74.1 Å². The average molecular weight is 167 g/mol. The van der Waals surface area contributed by atoms with Crippen molar-refractivity contribution in [2.75, 3.05) is 6.54 Å². The monoisotopic (exact) mass is 167 g/mol. The number of allylic oxidation sites excluding steroid dienone is 3. The second-order valence-corrected chi connectivity index (χ2v) is 2.82. The standard InChI is InChI=1S/C10H17NO/c1-4-10(9(3)12)6-5-8(2)7-11/h5-6H,4,7,11H2,1-3H3/b8-5+,10-6+. The van der Waals surface area contributed by atoms with Gasteiger partial charge >= 0.3 is 0 Å². The molecular weight excluding hydrogens is 150 g/mol. The van der Waals surface area contributed by atoms with E-state index < -0.39 is 0 Å². The number of ketones is 1. The van der Waals surface area contributed by atoms with E-state index in [-0.39, 0.29) is 5.78 Å². The highest BCUT2D eigenvalue weighted by molar-refractivity contribution is 5.93. The average Bonchev–Trinajstić information content (AvgIpc) is 2.04. The van der Waals surface area contributed by atoms with E-state index >= 15 is 0 Å². The van der Waals surface area contributed by atoms with Crippen molar-refractivity contribution in [3.8, 4) is 0 Å². The predicted molar refractivity (Wildman–Crippen MR) is 51.9 cm³/mol. The predicted octanol–water partition coefficient (Wildman–Crippen LogP) is 1.82. The molecule has 0 fully saturated rings. The Morgan fingerprint density at radius 1 is 1.33 bits per heavy atom. The van der Waals surface area contributed by atoms with Gasteiger partial charge in [-0.05, 0) is 25.8 Å². The number of hydrogen-bond donors (Lipinski definition) is 1. The highest BCUT2D eigenvalue weighted by Gasteiger charge is 1.97. The zero-order valence-electron chi connectivity index (χ0n) is 8.05. The van der Waals surface area contributed by atoms with Gasteiger partial charge in [-0.15, -0.1) is 0 Å². The fourth-order valence-electron chi connectivity index (χ4n) is 0.795. The van der Waals surface area contributed by atoms with Crippen LogP contribution in [-0.2, 0) is 4.79 Å². The van der Waals surface area contributed by atoms with Crippen LogP contribution in [0.5, 0.6) is 0 Å². The van der Waals surface area contributed by atoms with Gasteiger partial charge in [0, 0.05) is 6.54 Å². The Kier molecular flexibility index (Phi) is 5.30. The second kappa shape index (κ2) is 5.72. The van der Waals surface area contributed by atoms with Crippen LogP contribution < -0.4 is 5.73 Å². The Balaban J connectivity index is 4.40. The molecule has 0 aliphatic carbocycles. The number of nitrogens with two attached hydrogens (primary N) is 1. The maximum atomic E-state index is 10.9. The highest BCUT2D eigenvalue weighted by atomic mass is 16.1. The summed E-state index contributed by atoms with van der Waals surface area (Å²) < 4.78 is 0. The van der Waals surface area contributed by atoms with Gasteiger partial charge in [-0.2, -0.15) is 0 Å². The Hall–Kier alpha value is -0.890. The van der Waals surface area contributed by atoms with Gasteiger partial charge in [0.1, 0.15) is 0 Å². The molecule has 0 spiro atoms. The molecule has 0 rings (SSSR count). The largest absolute Gasteiger partial charge is 0.327 e. The summed E-state index contributed by atoms with van der Waals surface area (Å²) in [4.78, 5) is 10.9. The molecule has 0 aromatic carbocycles. The number of carbonyl (C=O) groups is 1. The maximum absolute atomic E-state index is 10.9. The summed E-state index contributed by atoms with van der Waals surface area (Å²) in [6.07, 6.45) is 4.54. The number of Topliss-reactive ketones (excluding diaryl/α,β-unsaturated/α-hetero) is 1. The van der Waals surface area contributed by atoms with Crippen LogP contribution in [0.15, 0.2) is 23.3 Å². The minimum absolute atomic E-state index is 0.138. The molecule has 0 bridgehead atoms. The summed E-state index contributed by atoms with van der Waals surface area (Å²) in [5.74, 6) is 0.138. The lowest BCUT2D eigenvalue weighted by Gasteiger charge is -1.96. The first-order valence-electron chi connectivity index (χ1n) is 4.19. The second-order valence-electron chi connectivity index (χ2n) is 2.82. The van der Waals surface area contributed by atoms with Gasteiger partial charge in [-0.1, -0.05) is 24.6 Å². The topological polar surface area (TPSA) is 43.1 Å². The summed E-state index contributed by atoms with van der Waals surface area (Å²) in [5.41, 5.74) is 7.33. The first kappa shape index (κ1) is 11.1. The molecule has 0 radical (unpaired) electrons. The van der Waals surface area contributed by atoms with Crippen LogP contribution in [0.2, 0.25) is 0 Å². The van der Waals surface area contributed by atoms with Crippen LogP contribution in [0.25, 0.3) is 0 Å². The first-order valence-corrected chi connectivity index (χ1v) is 4.19. The van der Waals surface area contributed by atoms with Gasteiger partial charge in [-0.3, -0.25) is 4.79 Å². The third-order valence-electron chi connectivity index (χ3n) is 1.72. The summed E-state index contributed by atoms with van der Waals surface area (Å²) in [5, 5.41) is 0. The van der Waals surface area contributed by atoms with Gasteiger partial charge in [0.2, 0.25) is 0 Å². The normalized spacial score (nSPS) is 13.3. The van der Waals surface area contributed by atoms with Crippen LogP contribution in [0.3, 0.4) is 0 Å². The molecule has 0 aliphatic rings. The molecule has 0 aliphatic heterocycles. The van der Waals surface area contributed by atoms with Crippen molar-refractivity contribution in [1.82, 2.24) is 0 Å². The molecule has 0 heterocycles. The van der Waals surface area contributed by atoms with Crippen LogP contribution in [-0.4, -0.2) is 12.3 Å². The molecule has 0 atom stereocenters. The van der Waals surface area contributed by atoms with Gasteiger partial charge < -0.3 is 5.73 Å². The Bertz CT molecular complexity index is 214. The molecule has 0 unspecified atom stereocenters. The van der Waals surface area contributed by atoms with Crippen LogP contribution in [0, 0.1) is 0 Å².